The summed E-state index contributed by atoms with van der Waals surface area (Å²) in [5.74, 6) is -0.392. The smallest absolute Gasteiger partial charge is 0.262 e. The zero-order chi connectivity index (χ0) is 25.2. The molecule has 0 spiro atoms. The van der Waals surface area contributed by atoms with Crippen LogP contribution >= 0.6 is 11.6 Å². The van der Waals surface area contributed by atoms with E-state index in [1.807, 2.05) is 0 Å². The lowest BCUT2D eigenvalue weighted by Gasteiger charge is -2.38. The van der Waals surface area contributed by atoms with Gasteiger partial charge in [-0.2, -0.15) is 5.10 Å². The normalized spacial score (nSPS) is 21.8. The van der Waals surface area contributed by atoms with E-state index in [9.17, 15) is 22.8 Å². The van der Waals surface area contributed by atoms with Crippen LogP contribution in [0.25, 0.3) is 0 Å². The Bertz CT molecular complexity index is 1130. The highest BCUT2D eigenvalue weighted by Crippen LogP contribution is 2.24. The molecule has 4 rings (SSSR count). The van der Waals surface area contributed by atoms with Crippen molar-refractivity contribution >= 4 is 50.9 Å². The van der Waals surface area contributed by atoms with Gasteiger partial charge < -0.3 is 15.5 Å². The number of halogens is 1. The first kappa shape index (κ1) is 25.4. The van der Waals surface area contributed by atoms with Gasteiger partial charge in [0.25, 0.3) is 5.91 Å². The number of amidine groups is 1. The molecule has 3 aliphatic heterocycles. The van der Waals surface area contributed by atoms with Crippen molar-refractivity contribution in [2.45, 2.75) is 31.7 Å². The standard InChI is InChI=1S/C22H29ClN6O5S/c1-35(33,34)28-9-7-17(8-10-28)24-20(30)13-29-21(31)14-27-12-15(5-6-19(27)26-29)22(32)25-18-4-2-3-16(23)11-18/h2-4,11,15,17H,5-10,12-14H2,1H3,(H,24,30)(H,25,32). The van der Waals surface area contributed by atoms with Gasteiger partial charge in [-0.05, 0) is 37.5 Å². The number of anilines is 1. The van der Waals surface area contributed by atoms with Crippen LogP contribution in [0.5, 0.6) is 0 Å². The van der Waals surface area contributed by atoms with Crippen LogP contribution in [0.1, 0.15) is 25.7 Å². The van der Waals surface area contributed by atoms with Crippen LogP contribution < -0.4 is 10.6 Å². The van der Waals surface area contributed by atoms with E-state index in [2.05, 4.69) is 15.7 Å². The SMILES string of the molecule is CS(=O)(=O)N1CCC(NC(=O)CN2N=C3CCC(C(=O)Nc4cccc(Cl)c4)CN3CC2=O)CC1. The molecule has 1 aromatic carbocycles. The number of piperidine rings is 2. The number of nitrogens with zero attached hydrogens (tertiary/aromatic N) is 4. The Labute approximate surface area is 209 Å². The number of amides is 3. The zero-order valence-corrected chi connectivity index (χ0v) is 21.0. The molecule has 0 aromatic heterocycles. The van der Waals surface area contributed by atoms with Gasteiger partial charge in [0.05, 0.1) is 12.2 Å². The first-order valence-corrected chi connectivity index (χ1v) is 13.7. The third kappa shape index (κ3) is 6.50. The lowest BCUT2D eigenvalue weighted by atomic mass is 9.95. The van der Waals surface area contributed by atoms with Crippen LogP contribution in [0.3, 0.4) is 0 Å². The Morgan fingerprint density at radius 2 is 1.94 bits per heavy atom. The number of hydrazone groups is 1. The van der Waals surface area contributed by atoms with Crippen molar-refractivity contribution in [3.05, 3.63) is 29.3 Å². The van der Waals surface area contributed by atoms with Gasteiger partial charge in [-0.3, -0.25) is 14.4 Å². The van der Waals surface area contributed by atoms with Gasteiger partial charge >= 0.3 is 0 Å². The first-order chi connectivity index (χ1) is 16.6. The second-order valence-electron chi connectivity index (χ2n) is 9.09. The molecule has 2 fully saturated rings. The molecule has 0 radical (unpaired) electrons. The second kappa shape index (κ2) is 10.5. The molecule has 1 aromatic rings. The summed E-state index contributed by atoms with van der Waals surface area (Å²) in [5, 5.41) is 11.8. The van der Waals surface area contributed by atoms with Gasteiger partial charge in [0.15, 0.2) is 0 Å². The van der Waals surface area contributed by atoms with Gasteiger partial charge in [0, 0.05) is 42.8 Å². The maximum absolute atomic E-state index is 12.7. The topological polar surface area (TPSA) is 131 Å². The van der Waals surface area contributed by atoms with Crippen molar-refractivity contribution in [1.82, 2.24) is 19.5 Å². The highest BCUT2D eigenvalue weighted by molar-refractivity contribution is 7.88. The van der Waals surface area contributed by atoms with Crippen LogP contribution in [0.2, 0.25) is 5.02 Å². The average molecular weight is 525 g/mol. The van der Waals surface area contributed by atoms with Gasteiger partial charge in [-0.1, -0.05) is 17.7 Å². The fourth-order valence-electron chi connectivity index (χ4n) is 4.52. The molecule has 2 N–H and O–H groups in total. The first-order valence-electron chi connectivity index (χ1n) is 11.5. The summed E-state index contributed by atoms with van der Waals surface area (Å²) >= 11 is 5.98. The van der Waals surface area contributed by atoms with E-state index in [4.69, 9.17) is 11.6 Å². The number of carbonyl (C=O) groups is 3. The molecule has 0 aliphatic carbocycles. The molecular formula is C22H29ClN6O5S. The maximum Gasteiger partial charge on any atom is 0.262 e. The lowest BCUT2D eigenvalue weighted by Crippen LogP contribution is -2.54. The maximum atomic E-state index is 12.7. The van der Waals surface area contributed by atoms with Crippen LogP contribution in [0.15, 0.2) is 29.4 Å². The third-order valence-corrected chi connectivity index (χ3v) is 7.96. The van der Waals surface area contributed by atoms with Crippen molar-refractivity contribution in [3.8, 4) is 0 Å². The number of carbonyl (C=O) groups excluding carboxylic acids is 3. The quantitative estimate of drug-likeness (QED) is 0.562. The molecule has 3 aliphatic rings. The number of nitrogens with one attached hydrogen (secondary N) is 2. The Morgan fingerprint density at radius 1 is 1.20 bits per heavy atom. The highest BCUT2D eigenvalue weighted by Gasteiger charge is 2.35. The average Bonchev–Trinajstić information content (AvgIpc) is 2.79. The minimum absolute atomic E-state index is 0.0554. The monoisotopic (exact) mass is 524 g/mol. The van der Waals surface area contributed by atoms with E-state index in [1.54, 1.807) is 29.2 Å². The van der Waals surface area contributed by atoms with Crippen molar-refractivity contribution in [2.75, 3.05) is 44.3 Å². The Kier molecular flexibility index (Phi) is 7.62. The summed E-state index contributed by atoms with van der Waals surface area (Å²) in [6, 6.07) is 6.79. The van der Waals surface area contributed by atoms with Gasteiger partial charge in [0.1, 0.15) is 18.9 Å². The third-order valence-electron chi connectivity index (χ3n) is 6.42. The summed E-state index contributed by atoms with van der Waals surface area (Å²) in [7, 11) is -3.23. The second-order valence-corrected chi connectivity index (χ2v) is 11.5. The van der Waals surface area contributed by atoms with Crippen molar-refractivity contribution < 1.29 is 22.8 Å². The molecule has 0 bridgehead atoms. The van der Waals surface area contributed by atoms with E-state index in [0.29, 0.717) is 61.9 Å². The van der Waals surface area contributed by atoms with Crippen LogP contribution in [0, 0.1) is 5.92 Å². The molecule has 0 saturated carbocycles. The zero-order valence-electron chi connectivity index (χ0n) is 19.4. The molecule has 2 saturated heterocycles. The molecule has 13 heteroatoms. The molecule has 11 nitrogen and oxygen atoms in total. The van der Waals surface area contributed by atoms with Crippen LogP contribution in [-0.4, -0.2) is 91.2 Å². The van der Waals surface area contributed by atoms with E-state index in [1.165, 1.54) is 15.6 Å². The summed E-state index contributed by atoms with van der Waals surface area (Å²) in [6.45, 7) is 0.947. The fraction of sp³-hybridized carbons (Fsp3) is 0.545. The van der Waals surface area contributed by atoms with Crippen molar-refractivity contribution in [2.24, 2.45) is 11.0 Å². The van der Waals surface area contributed by atoms with Crippen LogP contribution in [-0.2, 0) is 24.4 Å². The highest BCUT2D eigenvalue weighted by atomic mass is 35.5. The number of fused-ring (bicyclic) bond motifs is 1. The lowest BCUT2D eigenvalue weighted by molar-refractivity contribution is -0.138. The summed E-state index contributed by atoms with van der Waals surface area (Å²) in [6.07, 6.45) is 3.31. The number of sulfonamides is 1. The molecule has 3 amide bonds. The molecule has 1 atom stereocenters. The number of rotatable bonds is 6. The van der Waals surface area contributed by atoms with E-state index in [0.717, 1.165) is 0 Å². The Hall–Kier alpha value is -2.70. The van der Waals surface area contributed by atoms with Gasteiger partial charge in [0.2, 0.25) is 21.8 Å². The Morgan fingerprint density at radius 3 is 2.63 bits per heavy atom. The summed E-state index contributed by atoms with van der Waals surface area (Å²) < 4.78 is 24.7. The minimum Gasteiger partial charge on any atom is -0.352 e. The predicted molar refractivity (Wildman–Crippen MR) is 131 cm³/mol. The van der Waals surface area contributed by atoms with Crippen LogP contribution in [0.4, 0.5) is 5.69 Å². The largest absolute Gasteiger partial charge is 0.352 e. The summed E-state index contributed by atoms with van der Waals surface area (Å²) in [5.41, 5.74) is 0.621. The number of hydrogen-bond acceptors (Lipinski definition) is 7. The fourth-order valence-corrected chi connectivity index (χ4v) is 5.59. The molecule has 1 unspecified atom stereocenters. The predicted octanol–water partition coefficient (Wildman–Crippen LogP) is 0.686. The molecule has 35 heavy (non-hydrogen) atoms. The molecule has 3 heterocycles. The minimum atomic E-state index is -3.23. The molecular weight excluding hydrogens is 496 g/mol. The summed E-state index contributed by atoms with van der Waals surface area (Å²) in [4.78, 5) is 39.7. The van der Waals surface area contributed by atoms with Crippen molar-refractivity contribution in [1.29, 1.82) is 0 Å². The molecule has 190 valence electrons. The number of benzene rings is 1. The van der Waals surface area contributed by atoms with Gasteiger partial charge in [-0.25, -0.2) is 17.7 Å². The van der Waals surface area contributed by atoms with E-state index in [-0.39, 0.29) is 42.8 Å². The number of hydrogen-bond donors (Lipinski definition) is 2. The van der Waals surface area contributed by atoms with Crippen molar-refractivity contribution in [3.63, 3.8) is 0 Å². The van der Waals surface area contributed by atoms with E-state index < -0.39 is 10.0 Å². The Balaban J connectivity index is 1.28. The van der Waals surface area contributed by atoms with Gasteiger partial charge in [-0.15, -0.1) is 0 Å². The van der Waals surface area contributed by atoms with E-state index >= 15 is 0 Å².